The molecule has 0 aliphatic heterocycles. The molecule has 2 aliphatic rings. The van der Waals surface area contributed by atoms with Crippen LogP contribution in [0.1, 0.15) is 30.4 Å². The average molecular weight is 350 g/mol. The maximum absolute atomic E-state index is 12.7. The van der Waals surface area contributed by atoms with Gasteiger partial charge in [-0.15, -0.1) is 0 Å². The molecule has 5 heteroatoms. The molecule has 1 amide bonds. The van der Waals surface area contributed by atoms with Crippen molar-refractivity contribution in [1.29, 1.82) is 0 Å². The molecule has 134 valence electrons. The number of anilines is 1. The fourth-order valence-electron chi connectivity index (χ4n) is 4.69. The van der Waals surface area contributed by atoms with Gasteiger partial charge in [0.05, 0.1) is 11.8 Å². The van der Waals surface area contributed by atoms with Crippen molar-refractivity contribution in [3.63, 3.8) is 0 Å². The van der Waals surface area contributed by atoms with Crippen molar-refractivity contribution in [3.05, 3.63) is 59.9 Å². The molecule has 0 radical (unpaired) electrons. The van der Waals surface area contributed by atoms with Crippen LogP contribution < -0.4 is 5.32 Å². The van der Waals surface area contributed by atoms with Gasteiger partial charge >= 0.3 is 5.97 Å². The molecule has 2 bridgehead atoms. The van der Waals surface area contributed by atoms with E-state index < -0.39 is 17.8 Å². The second-order valence-electron chi connectivity index (χ2n) is 7.44. The second kappa shape index (κ2) is 6.90. The van der Waals surface area contributed by atoms with Crippen LogP contribution >= 0.6 is 0 Å². The van der Waals surface area contributed by atoms with Crippen LogP contribution in [0.2, 0.25) is 0 Å². The van der Waals surface area contributed by atoms with E-state index in [4.69, 9.17) is 0 Å². The van der Waals surface area contributed by atoms with Crippen molar-refractivity contribution < 1.29 is 14.7 Å². The van der Waals surface area contributed by atoms with Crippen LogP contribution in [-0.4, -0.2) is 22.0 Å². The van der Waals surface area contributed by atoms with Crippen molar-refractivity contribution >= 4 is 17.6 Å². The van der Waals surface area contributed by atoms with E-state index in [1.807, 2.05) is 36.4 Å². The maximum Gasteiger partial charge on any atom is 0.307 e. The SMILES string of the molecule is O=C(O)[C@H]1[C@@H]2CC[C@@H](C2)[C@@H]1C(=O)Nc1ccc(Cc2ccncc2)cc1. The standard InChI is InChI=1S/C21H22N2O3/c24-20(18-15-3-4-16(12-15)19(18)21(25)26)23-17-5-1-13(2-6-17)11-14-7-9-22-10-8-14/h1-2,5-10,15-16,18-19H,3-4,11-12H2,(H,23,24)(H,25,26)/t15-,16+,18-,19-/m0/s1. The lowest BCUT2D eigenvalue weighted by atomic mass is 9.78. The van der Waals surface area contributed by atoms with Gasteiger partial charge in [0.2, 0.25) is 5.91 Å². The zero-order chi connectivity index (χ0) is 18.1. The summed E-state index contributed by atoms with van der Waals surface area (Å²) < 4.78 is 0. The van der Waals surface area contributed by atoms with Crippen LogP contribution in [0.25, 0.3) is 0 Å². The van der Waals surface area contributed by atoms with Crippen LogP contribution in [0.3, 0.4) is 0 Å². The lowest BCUT2D eigenvalue weighted by molar-refractivity contribution is -0.148. The molecular formula is C21H22N2O3. The summed E-state index contributed by atoms with van der Waals surface area (Å²) in [5.41, 5.74) is 3.06. The van der Waals surface area contributed by atoms with Gasteiger partial charge in [0, 0.05) is 18.1 Å². The quantitative estimate of drug-likeness (QED) is 0.867. The zero-order valence-corrected chi connectivity index (χ0v) is 14.5. The number of benzene rings is 1. The third-order valence-electron chi connectivity index (χ3n) is 5.88. The summed E-state index contributed by atoms with van der Waals surface area (Å²) in [4.78, 5) is 28.3. The van der Waals surface area contributed by atoms with E-state index in [0.717, 1.165) is 36.9 Å². The first kappa shape index (κ1) is 16.8. The topological polar surface area (TPSA) is 79.3 Å². The maximum atomic E-state index is 12.7. The normalized spacial score (nSPS) is 26.6. The molecule has 1 aromatic carbocycles. The number of nitrogens with one attached hydrogen (secondary N) is 1. The highest BCUT2D eigenvalue weighted by molar-refractivity contribution is 5.96. The summed E-state index contributed by atoms with van der Waals surface area (Å²) in [6.07, 6.45) is 7.15. The molecule has 2 aromatic rings. The second-order valence-corrected chi connectivity index (χ2v) is 7.44. The number of carbonyl (C=O) groups is 2. The Kier molecular flexibility index (Phi) is 4.45. The molecule has 2 saturated carbocycles. The van der Waals surface area contributed by atoms with Crippen LogP contribution in [0, 0.1) is 23.7 Å². The third-order valence-corrected chi connectivity index (χ3v) is 5.88. The lowest BCUT2D eigenvalue weighted by Gasteiger charge is -2.27. The van der Waals surface area contributed by atoms with Crippen LogP contribution in [0.4, 0.5) is 5.69 Å². The summed E-state index contributed by atoms with van der Waals surface area (Å²) in [5, 5.41) is 12.4. The van der Waals surface area contributed by atoms with Gasteiger partial charge in [0.15, 0.2) is 0 Å². The van der Waals surface area contributed by atoms with Crippen molar-refractivity contribution in [2.75, 3.05) is 5.32 Å². The highest BCUT2D eigenvalue weighted by Gasteiger charge is 2.53. The Morgan fingerprint density at radius 1 is 0.962 bits per heavy atom. The smallest absolute Gasteiger partial charge is 0.307 e. The molecule has 1 heterocycles. The van der Waals surface area contributed by atoms with E-state index in [2.05, 4.69) is 10.3 Å². The van der Waals surface area contributed by atoms with Gasteiger partial charge in [0.1, 0.15) is 0 Å². The molecule has 0 saturated heterocycles. The predicted octanol–water partition coefficient (Wildman–Crippen LogP) is 3.36. The summed E-state index contributed by atoms with van der Waals surface area (Å²) in [6, 6.07) is 11.7. The fourth-order valence-corrected chi connectivity index (χ4v) is 4.69. The van der Waals surface area contributed by atoms with Crippen molar-refractivity contribution in [3.8, 4) is 0 Å². The molecule has 0 spiro atoms. The summed E-state index contributed by atoms with van der Waals surface area (Å²) in [6.45, 7) is 0. The first-order valence-corrected chi connectivity index (χ1v) is 9.13. The zero-order valence-electron chi connectivity index (χ0n) is 14.5. The average Bonchev–Trinajstić information content (AvgIpc) is 3.25. The number of pyridine rings is 1. The lowest BCUT2D eigenvalue weighted by Crippen LogP contribution is -2.37. The molecule has 4 atom stereocenters. The Morgan fingerprint density at radius 3 is 2.23 bits per heavy atom. The molecular weight excluding hydrogens is 328 g/mol. The number of fused-ring (bicyclic) bond motifs is 2. The first-order valence-electron chi connectivity index (χ1n) is 9.13. The largest absolute Gasteiger partial charge is 0.481 e. The van der Waals surface area contributed by atoms with Gasteiger partial charge in [-0.1, -0.05) is 12.1 Å². The van der Waals surface area contributed by atoms with E-state index in [-0.39, 0.29) is 17.7 Å². The monoisotopic (exact) mass is 350 g/mol. The molecule has 5 nitrogen and oxygen atoms in total. The number of carboxylic acid groups (broad SMARTS) is 1. The highest BCUT2D eigenvalue weighted by Crippen LogP contribution is 2.52. The molecule has 1 aromatic heterocycles. The highest BCUT2D eigenvalue weighted by atomic mass is 16.4. The number of hydrogen-bond donors (Lipinski definition) is 2. The Morgan fingerprint density at radius 2 is 1.58 bits per heavy atom. The van der Waals surface area contributed by atoms with E-state index >= 15 is 0 Å². The molecule has 2 aliphatic carbocycles. The number of aliphatic carboxylic acids is 1. The van der Waals surface area contributed by atoms with Gasteiger partial charge < -0.3 is 10.4 Å². The number of amides is 1. The molecule has 4 rings (SSSR count). The molecule has 2 N–H and O–H groups in total. The molecule has 2 fully saturated rings. The van der Waals surface area contributed by atoms with E-state index in [1.165, 1.54) is 5.56 Å². The third kappa shape index (κ3) is 3.21. The van der Waals surface area contributed by atoms with Gasteiger partial charge in [-0.2, -0.15) is 0 Å². The molecule has 0 unspecified atom stereocenters. The van der Waals surface area contributed by atoms with Crippen LogP contribution in [0.5, 0.6) is 0 Å². The van der Waals surface area contributed by atoms with Crippen LogP contribution in [0.15, 0.2) is 48.8 Å². The number of nitrogens with zero attached hydrogens (tertiary/aromatic N) is 1. The van der Waals surface area contributed by atoms with Gasteiger partial charge in [-0.05, 0) is 72.9 Å². The fraction of sp³-hybridized carbons (Fsp3) is 0.381. The van der Waals surface area contributed by atoms with Gasteiger partial charge in [-0.3, -0.25) is 14.6 Å². The predicted molar refractivity (Wildman–Crippen MR) is 97.6 cm³/mol. The minimum absolute atomic E-state index is 0.147. The van der Waals surface area contributed by atoms with Gasteiger partial charge in [0.25, 0.3) is 0 Å². The summed E-state index contributed by atoms with van der Waals surface area (Å²) in [5.74, 6) is -1.53. The number of carbonyl (C=O) groups excluding carboxylic acids is 1. The summed E-state index contributed by atoms with van der Waals surface area (Å²) >= 11 is 0. The summed E-state index contributed by atoms with van der Waals surface area (Å²) in [7, 11) is 0. The number of rotatable bonds is 5. The Labute approximate surface area is 152 Å². The Balaban J connectivity index is 1.42. The number of carboxylic acids is 1. The number of aromatic nitrogens is 1. The van der Waals surface area contributed by atoms with E-state index in [1.54, 1.807) is 12.4 Å². The minimum Gasteiger partial charge on any atom is -0.481 e. The van der Waals surface area contributed by atoms with Gasteiger partial charge in [-0.25, -0.2) is 0 Å². The van der Waals surface area contributed by atoms with Crippen LogP contribution in [-0.2, 0) is 16.0 Å². The first-order chi connectivity index (χ1) is 12.6. The van der Waals surface area contributed by atoms with Crippen molar-refractivity contribution in [2.24, 2.45) is 23.7 Å². The van der Waals surface area contributed by atoms with E-state index in [9.17, 15) is 14.7 Å². The van der Waals surface area contributed by atoms with Crippen molar-refractivity contribution in [1.82, 2.24) is 4.98 Å². The number of hydrogen-bond acceptors (Lipinski definition) is 3. The van der Waals surface area contributed by atoms with Crippen molar-refractivity contribution in [2.45, 2.75) is 25.7 Å². The Hall–Kier alpha value is -2.69. The van der Waals surface area contributed by atoms with E-state index in [0.29, 0.717) is 0 Å². The Bertz CT molecular complexity index is 804. The minimum atomic E-state index is -0.829. The molecule has 26 heavy (non-hydrogen) atoms.